The zero-order valence-corrected chi connectivity index (χ0v) is 21.4. The lowest BCUT2D eigenvalue weighted by Crippen LogP contribution is -2.21. The van der Waals surface area contributed by atoms with Crippen LogP contribution in [0.15, 0.2) is 65.3 Å². The molecule has 176 valence electrons. The number of nitrogens with one attached hydrogen (secondary N) is 2. The molecular formula is C25H26BrClN6O. The fraction of sp³-hybridized carbons (Fsp3) is 0.240. The molecule has 2 heterocycles. The van der Waals surface area contributed by atoms with Gasteiger partial charge in [-0.1, -0.05) is 41.9 Å². The Balaban J connectivity index is 1.37. The number of hydrogen-bond acceptors (Lipinski definition) is 5. The summed E-state index contributed by atoms with van der Waals surface area (Å²) in [5, 5.41) is 11.4. The highest BCUT2D eigenvalue weighted by Crippen LogP contribution is 2.30. The van der Waals surface area contributed by atoms with E-state index >= 15 is 0 Å². The molecule has 0 aliphatic rings. The Kier molecular flexibility index (Phi) is 7.82. The summed E-state index contributed by atoms with van der Waals surface area (Å²) in [7, 11) is 2.10. The Hall–Kier alpha value is -2.94. The molecule has 0 saturated carbocycles. The Morgan fingerprint density at radius 1 is 1.18 bits per heavy atom. The summed E-state index contributed by atoms with van der Waals surface area (Å²) in [5.74, 6) is 0.798. The number of carbonyl (C=O) groups is 1. The van der Waals surface area contributed by atoms with Crippen molar-refractivity contribution in [1.29, 1.82) is 0 Å². The molecule has 2 aromatic heterocycles. The maximum atomic E-state index is 11.2. The van der Waals surface area contributed by atoms with Gasteiger partial charge in [0.25, 0.3) is 0 Å². The minimum Gasteiger partial charge on any atom is -0.370 e. The lowest BCUT2D eigenvalue weighted by atomic mass is 10.1. The van der Waals surface area contributed by atoms with Gasteiger partial charge in [-0.25, -0.2) is 4.98 Å². The third-order valence-electron chi connectivity index (χ3n) is 5.33. The second-order valence-corrected chi connectivity index (χ2v) is 9.39. The van der Waals surface area contributed by atoms with Crippen LogP contribution >= 0.6 is 27.5 Å². The molecule has 1 amide bonds. The molecule has 0 saturated heterocycles. The van der Waals surface area contributed by atoms with E-state index in [0.717, 1.165) is 58.9 Å². The van der Waals surface area contributed by atoms with Crippen molar-refractivity contribution in [3.63, 3.8) is 0 Å². The van der Waals surface area contributed by atoms with E-state index in [2.05, 4.69) is 43.6 Å². The molecular weight excluding hydrogens is 516 g/mol. The van der Waals surface area contributed by atoms with Crippen LogP contribution in [0, 0.1) is 0 Å². The number of carbonyl (C=O) groups excluding carboxylic acids is 1. The standard InChI is InChI=1S/C25H26BrClN6O/c1-17(34)30-19-10-8-18(9-11-19)16-32(2)13-5-12-28-24-14-23(20-6-3-4-7-22(20)27)31-25-21(26)15-29-33(24)25/h3-4,6-11,14-15,28H,5,12-13,16H2,1-2H3,(H,30,34). The molecule has 7 nitrogen and oxygen atoms in total. The van der Waals surface area contributed by atoms with Crippen molar-refractivity contribution in [2.75, 3.05) is 30.8 Å². The Morgan fingerprint density at radius 3 is 2.68 bits per heavy atom. The second kappa shape index (κ2) is 11.0. The molecule has 2 aromatic carbocycles. The quantitative estimate of drug-likeness (QED) is 0.266. The van der Waals surface area contributed by atoms with Crippen LogP contribution in [0.1, 0.15) is 18.9 Å². The maximum absolute atomic E-state index is 11.2. The summed E-state index contributed by atoms with van der Waals surface area (Å²) in [6.45, 7) is 4.05. The van der Waals surface area contributed by atoms with Crippen molar-refractivity contribution in [3.8, 4) is 11.3 Å². The predicted octanol–water partition coefficient (Wildman–Crippen LogP) is 5.70. The van der Waals surface area contributed by atoms with Gasteiger partial charge in [0, 0.05) is 42.4 Å². The van der Waals surface area contributed by atoms with Crippen molar-refractivity contribution in [3.05, 3.63) is 75.9 Å². The van der Waals surface area contributed by atoms with Gasteiger partial charge in [-0.2, -0.15) is 9.61 Å². The average molecular weight is 542 g/mol. The predicted molar refractivity (Wildman–Crippen MR) is 141 cm³/mol. The normalized spacial score (nSPS) is 11.2. The van der Waals surface area contributed by atoms with Gasteiger partial charge in [-0.05, 0) is 59.7 Å². The summed E-state index contributed by atoms with van der Waals surface area (Å²) in [5.41, 5.74) is 4.42. The van der Waals surface area contributed by atoms with Crippen LogP contribution in [0.25, 0.3) is 16.9 Å². The minimum absolute atomic E-state index is 0.0645. The summed E-state index contributed by atoms with van der Waals surface area (Å²) in [6.07, 6.45) is 2.70. The van der Waals surface area contributed by atoms with E-state index in [1.807, 2.05) is 54.6 Å². The van der Waals surface area contributed by atoms with Gasteiger partial charge in [0.1, 0.15) is 5.82 Å². The summed E-state index contributed by atoms with van der Waals surface area (Å²) >= 11 is 9.96. The molecule has 0 radical (unpaired) electrons. The smallest absolute Gasteiger partial charge is 0.221 e. The van der Waals surface area contributed by atoms with Gasteiger partial charge >= 0.3 is 0 Å². The van der Waals surface area contributed by atoms with Crippen LogP contribution in [0.5, 0.6) is 0 Å². The van der Waals surface area contributed by atoms with E-state index < -0.39 is 0 Å². The number of anilines is 2. The van der Waals surface area contributed by atoms with Crippen molar-refractivity contribution < 1.29 is 4.79 Å². The average Bonchev–Trinajstić information content (AvgIpc) is 3.19. The van der Waals surface area contributed by atoms with Crippen molar-refractivity contribution in [2.24, 2.45) is 0 Å². The minimum atomic E-state index is -0.0645. The van der Waals surface area contributed by atoms with Crippen LogP contribution in [0.3, 0.4) is 0 Å². The molecule has 2 N–H and O–H groups in total. The molecule has 0 aliphatic carbocycles. The van der Waals surface area contributed by atoms with Crippen LogP contribution in [0.4, 0.5) is 11.5 Å². The fourth-order valence-corrected chi connectivity index (χ4v) is 4.30. The number of halogens is 2. The number of amides is 1. The fourth-order valence-electron chi connectivity index (χ4n) is 3.72. The summed E-state index contributed by atoms with van der Waals surface area (Å²) in [6, 6.07) is 17.6. The number of hydrogen-bond donors (Lipinski definition) is 2. The highest BCUT2D eigenvalue weighted by atomic mass is 79.9. The first-order chi connectivity index (χ1) is 16.4. The third kappa shape index (κ3) is 5.94. The highest BCUT2D eigenvalue weighted by molar-refractivity contribution is 9.10. The molecule has 34 heavy (non-hydrogen) atoms. The molecule has 0 fully saturated rings. The lowest BCUT2D eigenvalue weighted by molar-refractivity contribution is -0.114. The van der Waals surface area contributed by atoms with Gasteiger partial charge in [-0.15, -0.1) is 0 Å². The van der Waals surface area contributed by atoms with Crippen LogP contribution in [-0.2, 0) is 11.3 Å². The number of nitrogens with zero attached hydrogens (tertiary/aromatic N) is 4. The van der Waals surface area contributed by atoms with Gasteiger partial charge in [0.15, 0.2) is 5.65 Å². The zero-order valence-electron chi connectivity index (χ0n) is 19.1. The third-order valence-corrected chi connectivity index (χ3v) is 6.22. The monoisotopic (exact) mass is 540 g/mol. The van der Waals surface area contributed by atoms with E-state index in [9.17, 15) is 4.79 Å². The molecule has 0 atom stereocenters. The summed E-state index contributed by atoms with van der Waals surface area (Å²) < 4.78 is 2.62. The number of benzene rings is 2. The molecule has 4 aromatic rings. The molecule has 0 bridgehead atoms. The molecule has 9 heteroatoms. The first-order valence-corrected chi connectivity index (χ1v) is 12.2. The second-order valence-electron chi connectivity index (χ2n) is 8.13. The van der Waals surface area contributed by atoms with Crippen LogP contribution < -0.4 is 10.6 Å². The van der Waals surface area contributed by atoms with Crippen LogP contribution in [0.2, 0.25) is 5.02 Å². The first kappa shape index (κ1) is 24.2. The Bertz CT molecular complexity index is 1290. The number of rotatable bonds is 9. The van der Waals surface area contributed by atoms with Crippen molar-refractivity contribution in [1.82, 2.24) is 19.5 Å². The van der Waals surface area contributed by atoms with E-state index in [1.54, 1.807) is 10.7 Å². The van der Waals surface area contributed by atoms with E-state index in [-0.39, 0.29) is 5.91 Å². The highest BCUT2D eigenvalue weighted by Gasteiger charge is 2.13. The van der Waals surface area contributed by atoms with Crippen LogP contribution in [-0.4, -0.2) is 45.5 Å². The Morgan fingerprint density at radius 2 is 1.94 bits per heavy atom. The molecule has 0 spiro atoms. The van der Waals surface area contributed by atoms with E-state index in [1.165, 1.54) is 12.5 Å². The van der Waals surface area contributed by atoms with Gasteiger partial charge in [-0.3, -0.25) is 4.79 Å². The van der Waals surface area contributed by atoms with Gasteiger partial charge in [0.2, 0.25) is 5.91 Å². The topological polar surface area (TPSA) is 74.6 Å². The Labute approximate surface area is 212 Å². The number of aromatic nitrogens is 3. The maximum Gasteiger partial charge on any atom is 0.221 e. The molecule has 0 aliphatic heterocycles. The lowest BCUT2D eigenvalue weighted by Gasteiger charge is -2.17. The number of fused-ring (bicyclic) bond motifs is 1. The van der Waals surface area contributed by atoms with Gasteiger partial charge < -0.3 is 15.5 Å². The summed E-state index contributed by atoms with van der Waals surface area (Å²) in [4.78, 5) is 18.2. The first-order valence-electron chi connectivity index (χ1n) is 11.0. The van der Waals surface area contributed by atoms with E-state index in [4.69, 9.17) is 16.6 Å². The van der Waals surface area contributed by atoms with Gasteiger partial charge in [0.05, 0.1) is 16.4 Å². The van der Waals surface area contributed by atoms with Crippen molar-refractivity contribution in [2.45, 2.75) is 19.9 Å². The zero-order chi connectivity index (χ0) is 24.1. The SMILES string of the molecule is CC(=O)Nc1ccc(CN(C)CCCNc2cc(-c3ccccc3Cl)nc3c(Br)cnn23)cc1. The largest absolute Gasteiger partial charge is 0.370 e. The molecule has 4 rings (SSSR count). The van der Waals surface area contributed by atoms with E-state index in [0.29, 0.717) is 5.02 Å². The van der Waals surface area contributed by atoms with Crippen molar-refractivity contribution >= 4 is 50.6 Å². The molecule has 0 unspecified atom stereocenters.